The predicted octanol–water partition coefficient (Wildman–Crippen LogP) is 3.05. The topological polar surface area (TPSA) is 75.7 Å². The molecule has 0 radical (unpaired) electrons. The summed E-state index contributed by atoms with van der Waals surface area (Å²) in [5, 5.41) is 0. The van der Waals surface area contributed by atoms with Crippen LogP contribution >= 0.6 is 0 Å². The van der Waals surface area contributed by atoms with Crippen molar-refractivity contribution in [2.24, 2.45) is 0 Å². The number of nitrogens with zero attached hydrogens (tertiary/aromatic N) is 1. The molecule has 0 unspecified atom stereocenters. The summed E-state index contributed by atoms with van der Waals surface area (Å²) in [5.74, 6) is 0.483. The van der Waals surface area contributed by atoms with Gasteiger partial charge in [0.25, 0.3) is 5.91 Å². The first-order valence-corrected chi connectivity index (χ1v) is 10.3. The van der Waals surface area contributed by atoms with Crippen molar-refractivity contribution < 1.29 is 17.9 Å². The maximum Gasteiger partial charge on any atom is 0.253 e. The maximum absolute atomic E-state index is 12.9. The SMILES string of the molecule is C=CCOc1ccc(CN(C)C(=O)c2cc(C)c(C)c(S(=O)(=O)NC)c2)cc1. The van der Waals surface area contributed by atoms with E-state index in [2.05, 4.69) is 11.3 Å². The molecule has 0 bridgehead atoms. The van der Waals surface area contributed by atoms with Crippen molar-refractivity contribution in [3.63, 3.8) is 0 Å². The van der Waals surface area contributed by atoms with Crippen LogP contribution in [0, 0.1) is 13.8 Å². The Hall–Kier alpha value is -2.64. The fourth-order valence-corrected chi connectivity index (χ4v) is 3.82. The lowest BCUT2D eigenvalue weighted by Gasteiger charge is -2.19. The highest BCUT2D eigenvalue weighted by Crippen LogP contribution is 2.22. The highest BCUT2D eigenvalue weighted by atomic mass is 32.2. The van der Waals surface area contributed by atoms with Gasteiger partial charge in [-0.05, 0) is 61.9 Å². The molecule has 0 spiro atoms. The summed E-state index contributed by atoms with van der Waals surface area (Å²) in [6.07, 6.45) is 1.67. The fraction of sp³-hybridized carbons (Fsp3) is 0.286. The van der Waals surface area contributed by atoms with Crippen molar-refractivity contribution in [1.29, 1.82) is 0 Å². The molecule has 1 N–H and O–H groups in total. The predicted molar refractivity (Wildman–Crippen MR) is 110 cm³/mol. The van der Waals surface area contributed by atoms with E-state index in [0.29, 0.717) is 24.3 Å². The molecule has 2 rings (SSSR count). The number of nitrogens with one attached hydrogen (secondary N) is 1. The van der Waals surface area contributed by atoms with Crippen molar-refractivity contribution in [2.45, 2.75) is 25.3 Å². The van der Waals surface area contributed by atoms with Gasteiger partial charge in [0.1, 0.15) is 12.4 Å². The molecule has 2 aromatic carbocycles. The van der Waals surface area contributed by atoms with E-state index in [0.717, 1.165) is 16.9 Å². The van der Waals surface area contributed by atoms with Gasteiger partial charge in [-0.1, -0.05) is 24.8 Å². The van der Waals surface area contributed by atoms with Crippen LogP contribution in [0.4, 0.5) is 0 Å². The third kappa shape index (κ3) is 4.99. The Morgan fingerprint density at radius 3 is 2.43 bits per heavy atom. The second-order valence-electron chi connectivity index (χ2n) is 6.53. The van der Waals surface area contributed by atoms with Crippen molar-refractivity contribution in [1.82, 2.24) is 9.62 Å². The van der Waals surface area contributed by atoms with Crippen LogP contribution in [0.1, 0.15) is 27.0 Å². The molecule has 0 fully saturated rings. The lowest BCUT2D eigenvalue weighted by atomic mass is 10.1. The number of sulfonamides is 1. The Morgan fingerprint density at radius 1 is 1.21 bits per heavy atom. The summed E-state index contributed by atoms with van der Waals surface area (Å²) in [6.45, 7) is 7.96. The zero-order valence-corrected chi connectivity index (χ0v) is 17.5. The number of benzene rings is 2. The van der Waals surface area contributed by atoms with E-state index in [1.165, 1.54) is 13.1 Å². The molecule has 1 amide bonds. The number of carbonyl (C=O) groups is 1. The average Bonchev–Trinajstić information content (AvgIpc) is 2.68. The van der Waals surface area contributed by atoms with Crippen LogP contribution in [0.25, 0.3) is 0 Å². The van der Waals surface area contributed by atoms with Gasteiger partial charge in [-0.25, -0.2) is 13.1 Å². The van der Waals surface area contributed by atoms with E-state index in [4.69, 9.17) is 4.74 Å². The van der Waals surface area contributed by atoms with Crippen LogP contribution in [-0.2, 0) is 16.6 Å². The number of carbonyl (C=O) groups excluding carboxylic acids is 1. The van der Waals surface area contributed by atoms with E-state index < -0.39 is 10.0 Å². The van der Waals surface area contributed by atoms with Gasteiger partial charge in [-0.2, -0.15) is 0 Å². The van der Waals surface area contributed by atoms with E-state index >= 15 is 0 Å². The van der Waals surface area contributed by atoms with Crippen molar-refractivity contribution in [3.8, 4) is 5.75 Å². The minimum Gasteiger partial charge on any atom is -0.490 e. The zero-order valence-electron chi connectivity index (χ0n) is 16.7. The Labute approximate surface area is 166 Å². The van der Waals surface area contributed by atoms with Crippen molar-refractivity contribution in [2.75, 3.05) is 20.7 Å². The second kappa shape index (κ2) is 9.03. The average molecular weight is 403 g/mol. The van der Waals surface area contributed by atoms with E-state index in [1.807, 2.05) is 24.3 Å². The summed E-state index contributed by atoms with van der Waals surface area (Å²) < 4.78 is 32.3. The molecule has 0 saturated carbocycles. The first-order valence-electron chi connectivity index (χ1n) is 8.82. The molecule has 0 atom stereocenters. The Balaban J connectivity index is 2.22. The van der Waals surface area contributed by atoms with Gasteiger partial charge in [0.05, 0.1) is 4.90 Å². The van der Waals surface area contributed by atoms with Gasteiger partial charge < -0.3 is 9.64 Å². The monoisotopic (exact) mass is 402 g/mol. The summed E-state index contributed by atoms with van der Waals surface area (Å²) in [6, 6.07) is 10.6. The van der Waals surface area contributed by atoms with Crippen molar-refractivity contribution in [3.05, 3.63) is 71.3 Å². The molecule has 0 aliphatic heterocycles. The van der Waals surface area contributed by atoms with Crippen molar-refractivity contribution >= 4 is 15.9 Å². The van der Waals surface area contributed by atoms with Gasteiger partial charge in [-0.3, -0.25) is 4.79 Å². The Bertz CT molecular complexity index is 967. The minimum atomic E-state index is -3.65. The molecule has 0 aliphatic carbocycles. The smallest absolute Gasteiger partial charge is 0.253 e. The lowest BCUT2D eigenvalue weighted by molar-refractivity contribution is 0.0784. The summed E-state index contributed by atoms with van der Waals surface area (Å²) in [5.41, 5.74) is 2.65. The molecule has 0 aromatic heterocycles. The van der Waals surface area contributed by atoms with E-state index in [-0.39, 0.29) is 10.8 Å². The summed E-state index contributed by atoms with van der Waals surface area (Å²) in [7, 11) is -0.605. The first kappa shape index (κ1) is 21.7. The molecule has 0 saturated heterocycles. The highest BCUT2D eigenvalue weighted by Gasteiger charge is 2.21. The fourth-order valence-electron chi connectivity index (χ4n) is 2.75. The van der Waals surface area contributed by atoms with Gasteiger partial charge in [0.2, 0.25) is 10.0 Å². The summed E-state index contributed by atoms with van der Waals surface area (Å²) >= 11 is 0. The minimum absolute atomic E-state index is 0.121. The quantitative estimate of drug-likeness (QED) is 0.689. The molecule has 7 heteroatoms. The summed E-state index contributed by atoms with van der Waals surface area (Å²) in [4.78, 5) is 14.5. The number of ether oxygens (including phenoxy) is 1. The first-order chi connectivity index (χ1) is 13.2. The molecule has 6 nitrogen and oxygen atoms in total. The number of hydrogen-bond acceptors (Lipinski definition) is 4. The van der Waals surface area contributed by atoms with Crippen LogP contribution in [0.3, 0.4) is 0 Å². The van der Waals surface area contributed by atoms with Crippen LogP contribution in [-0.4, -0.2) is 39.9 Å². The van der Waals surface area contributed by atoms with Gasteiger partial charge in [-0.15, -0.1) is 0 Å². The molecule has 0 heterocycles. The van der Waals surface area contributed by atoms with Gasteiger partial charge in [0, 0.05) is 19.2 Å². The van der Waals surface area contributed by atoms with Crippen LogP contribution in [0.15, 0.2) is 53.9 Å². The molecule has 0 aliphatic rings. The number of amides is 1. The third-order valence-electron chi connectivity index (χ3n) is 4.48. The number of hydrogen-bond donors (Lipinski definition) is 1. The highest BCUT2D eigenvalue weighted by molar-refractivity contribution is 7.89. The van der Waals surface area contributed by atoms with Crippen LogP contribution in [0.2, 0.25) is 0 Å². The molecule has 28 heavy (non-hydrogen) atoms. The Morgan fingerprint density at radius 2 is 1.86 bits per heavy atom. The number of rotatable bonds is 8. The van der Waals surface area contributed by atoms with Crippen LogP contribution in [0.5, 0.6) is 5.75 Å². The normalized spacial score (nSPS) is 11.1. The van der Waals surface area contributed by atoms with Gasteiger partial charge in [0.15, 0.2) is 0 Å². The number of aryl methyl sites for hydroxylation is 1. The third-order valence-corrected chi connectivity index (χ3v) is 6.02. The maximum atomic E-state index is 12.9. The molecular weight excluding hydrogens is 376 g/mol. The zero-order chi connectivity index (χ0) is 20.9. The standard InChI is InChI=1S/C21H26N2O4S/c1-6-11-27-19-9-7-17(8-10-19)14-23(5)21(24)18-12-15(2)16(3)20(13-18)28(25,26)22-4/h6-10,12-13,22H,1,11,14H2,2-5H3. The van der Waals surface area contributed by atoms with E-state index in [9.17, 15) is 13.2 Å². The Kier molecular flexibility index (Phi) is 6.99. The largest absolute Gasteiger partial charge is 0.490 e. The molecule has 150 valence electrons. The lowest BCUT2D eigenvalue weighted by Crippen LogP contribution is -2.27. The molecular formula is C21H26N2O4S. The van der Waals surface area contributed by atoms with Crippen LogP contribution < -0.4 is 9.46 Å². The second-order valence-corrected chi connectivity index (χ2v) is 8.38. The van der Waals surface area contributed by atoms with E-state index in [1.54, 1.807) is 37.9 Å². The molecule has 2 aromatic rings. The van der Waals surface area contributed by atoms with Gasteiger partial charge >= 0.3 is 0 Å².